The molecule has 0 aromatic carbocycles. The third-order valence-electron chi connectivity index (χ3n) is 2.88. The summed E-state index contributed by atoms with van der Waals surface area (Å²) in [6, 6.07) is 0. The molecule has 2 rings (SSSR count). The van der Waals surface area contributed by atoms with E-state index in [9.17, 15) is 0 Å². The summed E-state index contributed by atoms with van der Waals surface area (Å²) in [7, 11) is 2.05. The first-order chi connectivity index (χ1) is 6.68. The molecule has 1 aliphatic rings. The Morgan fingerprint density at radius 1 is 1.57 bits per heavy atom. The van der Waals surface area contributed by atoms with Crippen LogP contribution in [0.15, 0.2) is 12.4 Å². The number of piperidine rings is 1. The molecule has 1 saturated heterocycles. The maximum absolute atomic E-state index is 4.37. The predicted molar refractivity (Wildman–Crippen MR) is 61.9 cm³/mol. The summed E-state index contributed by atoms with van der Waals surface area (Å²) in [4.78, 5) is 7.40. The van der Waals surface area contributed by atoms with E-state index in [0.717, 1.165) is 19.0 Å². The summed E-state index contributed by atoms with van der Waals surface area (Å²) in [6.45, 7) is 4.49. The Bertz CT molecular complexity index is 310. The SMILES string of the molecule is CC1CN(c2nccn2C)CCC1Br. The second-order valence-electron chi connectivity index (χ2n) is 4.07. The number of aromatic nitrogens is 2. The normalized spacial score (nSPS) is 28.1. The van der Waals surface area contributed by atoms with Gasteiger partial charge in [0.15, 0.2) is 0 Å². The van der Waals surface area contributed by atoms with Crippen LogP contribution in [0.25, 0.3) is 0 Å². The number of aryl methyl sites for hydroxylation is 1. The summed E-state index contributed by atoms with van der Waals surface area (Å²) in [5.74, 6) is 1.79. The van der Waals surface area contributed by atoms with Crippen LogP contribution in [0.5, 0.6) is 0 Å². The van der Waals surface area contributed by atoms with Crippen molar-refractivity contribution in [3.05, 3.63) is 12.4 Å². The summed E-state index contributed by atoms with van der Waals surface area (Å²) >= 11 is 3.71. The second-order valence-corrected chi connectivity index (χ2v) is 5.24. The zero-order valence-electron chi connectivity index (χ0n) is 8.65. The van der Waals surface area contributed by atoms with Gasteiger partial charge in [0.25, 0.3) is 0 Å². The fourth-order valence-corrected chi connectivity index (χ4v) is 2.33. The third kappa shape index (κ3) is 1.80. The monoisotopic (exact) mass is 257 g/mol. The highest BCUT2D eigenvalue weighted by Crippen LogP contribution is 2.25. The quantitative estimate of drug-likeness (QED) is 0.719. The van der Waals surface area contributed by atoms with Crippen LogP contribution >= 0.6 is 15.9 Å². The van der Waals surface area contributed by atoms with E-state index in [4.69, 9.17) is 0 Å². The van der Waals surface area contributed by atoms with Crippen LogP contribution in [0, 0.1) is 5.92 Å². The number of hydrogen-bond acceptors (Lipinski definition) is 2. The van der Waals surface area contributed by atoms with E-state index in [0.29, 0.717) is 10.7 Å². The minimum atomic E-state index is 0.666. The first-order valence-corrected chi connectivity index (χ1v) is 5.96. The fourth-order valence-electron chi connectivity index (χ4n) is 1.96. The smallest absolute Gasteiger partial charge is 0.205 e. The first-order valence-electron chi connectivity index (χ1n) is 5.05. The minimum absolute atomic E-state index is 0.666. The van der Waals surface area contributed by atoms with E-state index in [-0.39, 0.29) is 0 Å². The number of imidazole rings is 1. The molecule has 2 unspecified atom stereocenters. The molecule has 0 radical (unpaired) electrons. The van der Waals surface area contributed by atoms with E-state index < -0.39 is 0 Å². The van der Waals surface area contributed by atoms with Gasteiger partial charge in [-0.1, -0.05) is 22.9 Å². The fraction of sp³-hybridized carbons (Fsp3) is 0.700. The maximum atomic E-state index is 4.37. The van der Waals surface area contributed by atoms with Crippen molar-refractivity contribution in [2.45, 2.75) is 18.2 Å². The highest BCUT2D eigenvalue weighted by molar-refractivity contribution is 9.09. The number of hydrogen-bond donors (Lipinski definition) is 0. The van der Waals surface area contributed by atoms with Crippen LogP contribution in [-0.2, 0) is 7.05 Å². The van der Waals surface area contributed by atoms with E-state index in [1.165, 1.54) is 6.42 Å². The topological polar surface area (TPSA) is 21.1 Å². The molecular formula is C10H16BrN3. The molecule has 0 amide bonds. The van der Waals surface area contributed by atoms with Gasteiger partial charge in [0.05, 0.1) is 0 Å². The lowest BCUT2D eigenvalue weighted by Gasteiger charge is -2.34. The molecule has 14 heavy (non-hydrogen) atoms. The summed E-state index contributed by atoms with van der Waals surface area (Å²) in [5, 5.41) is 0. The molecule has 0 bridgehead atoms. The van der Waals surface area contributed by atoms with Gasteiger partial charge in [0.1, 0.15) is 0 Å². The Balaban J connectivity index is 2.10. The molecule has 3 nitrogen and oxygen atoms in total. The van der Waals surface area contributed by atoms with Gasteiger partial charge in [-0.25, -0.2) is 4.98 Å². The highest BCUT2D eigenvalue weighted by Gasteiger charge is 2.25. The van der Waals surface area contributed by atoms with Crippen molar-refractivity contribution >= 4 is 21.9 Å². The number of alkyl halides is 1. The molecule has 1 aliphatic heterocycles. The summed E-state index contributed by atoms with van der Waals surface area (Å²) in [5.41, 5.74) is 0. The van der Waals surface area contributed by atoms with Gasteiger partial charge in [-0.2, -0.15) is 0 Å². The lowest BCUT2D eigenvalue weighted by atomic mass is 10.0. The van der Waals surface area contributed by atoms with E-state index >= 15 is 0 Å². The molecule has 1 aromatic heterocycles. The lowest BCUT2D eigenvalue weighted by molar-refractivity contribution is 0.458. The Hall–Kier alpha value is -0.510. The second kappa shape index (κ2) is 3.93. The van der Waals surface area contributed by atoms with Gasteiger partial charge in [0.2, 0.25) is 5.95 Å². The zero-order valence-corrected chi connectivity index (χ0v) is 10.2. The number of halogens is 1. The molecule has 1 aromatic rings. The predicted octanol–water partition coefficient (Wildman–Crippen LogP) is 2.03. The Labute approximate surface area is 93.2 Å². The molecular weight excluding hydrogens is 242 g/mol. The maximum Gasteiger partial charge on any atom is 0.205 e. The van der Waals surface area contributed by atoms with Crippen LogP contribution < -0.4 is 4.90 Å². The van der Waals surface area contributed by atoms with Gasteiger partial charge in [0, 0.05) is 37.4 Å². The molecule has 1 fully saturated rings. The minimum Gasteiger partial charge on any atom is -0.342 e. The van der Waals surface area contributed by atoms with Crippen LogP contribution in [0.1, 0.15) is 13.3 Å². The van der Waals surface area contributed by atoms with Crippen molar-refractivity contribution in [2.75, 3.05) is 18.0 Å². The van der Waals surface area contributed by atoms with Crippen molar-refractivity contribution in [1.82, 2.24) is 9.55 Å². The van der Waals surface area contributed by atoms with Crippen LogP contribution in [-0.4, -0.2) is 27.5 Å². The van der Waals surface area contributed by atoms with Gasteiger partial charge >= 0.3 is 0 Å². The average molecular weight is 258 g/mol. The zero-order chi connectivity index (χ0) is 10.1. The van der Waals surface area contributed by atoms with E-state index in [1.54, 1.807) is 0 Å². The van der Waals surface area contributed by atoms with Crippen molar-refractivity contribution in [3.8, 4) is 0 Å². The van der Waals surface area contributed by atoms with Crippen molar-refractivity contribution in [2.24, 2.45) is 13.0 Å². The van der Waals surface area contributed by atoms with Crippen molar-refractivity contribution < 1.29 is 0 Å². The van der Waals surface area contributed by atoms with E-state index in [1.807, 2.05) is 19.4 Å². The molecule has 0 saturated carbocycles. The molecule has 0 aliphatic carbocycles. The Kier molecular flexibility index (Phi) is 2.81. The van der Waals surface area contributed by atoms with Gasteiger partial charge in [-0.05, 0) is 12.3 Å². The van der Waals surface area contributed by atoms with E-state index in [2.05, 4.69) is 37.3 Å². The van der Waals surface area contributed by atoms with Gasteiger partial charge in [-0.3, -0.25) is 0 Å². The number of rotatable bonds is 1. The average Bonchev–Trinajstić information content (AvgIpc) is 2.57. The molecule has 4 heteroatoms. The van der Waals surface area contributed by atoms with Crippen LogP contribution in [0.2, 0.25) is 0 Å². The van der Waals surface area contributed by atoms with Crippen molar-refractivity contribution in [3.63, 3.8) is 0 Å². The van der Waals surface area contributed by atoms with Crippen LogP contribution in [0.3, 0.4) is 0 Å². The highest BCUT2D eigenvalue weighted by atomic mass is 79.9. The Morgan fingerprint density at radius 2 is 2.36 bits per heavy atom. The molecule has 0 N–H and O–H groups in total. The standard InChI is InChI=1S/C10H16BrN3/c1-8-7-14(5-3-9(8)11)10-12-4-6-13(10)2/h4,6,8-9H,3,5,7H2,1-2H3. The third-order valence-corrected chi connectivity index (χ3v) is 4.24. The molecule has 78 valence electrons. The van der Waals surface area contributed by atoms with Crippen molar-refractivity contribution in [1.29, 1.82) is 0 Å². The number of anilines is 1. The summed E-state index contributed by atoms with van der Waals surface area (Å²) < 4.78 is 2.08. The lowest BCUT2D eigenvalue weighted by Crippen LogP contribution is -2.40. The Morgan fingerprint density at radius 3 is 2.93 bits per heavy atom. The number of nitrogens with zero attached hydrogens (tertiary/aromatic N) is 3. The molecule has 2 heterocycles. The first kappa shape index (κ1) is 10.0. The summed E-state index contributed by atoms with van der Waals surface area (Å²) in [6.07, 6.45) is 5.06. The van der Waals surface area contributed by atoms with Crippen LogP contribution in [0.4, 0.5) is 5.95 Å². The largest absolute Gasteiger partial charge is 0.342 e. The molecule has 0 spiro atoms. The molecule has 2 atom stereocenters. The van der Waals surface area contributed by atoms with Gasteiger partial charge in [-0.15, -0.1) is 0 Å². The van der Waals surface area contributed by atoms with Gasteiger partial charge < -0.3 is 9.47 Å².